The van der Waals surface area contributed by atoms with Crippen LogP contribution in [0.25, 0.3) is 0 Å². The Labute approximate surface area is 53.9 Å². The molecule has 5 heteroatoms. The Morgan fingerprint density at radius 2 is 1.89 bits per heavy atom. The first-order valence-corrected chi connectivity index (χ1v) is 2.75. The predicted molar refractivity (Wildman–Crippen MR) is 31.3 cm³/mol. The van der Waals surface area contributed by atoms with E-state index in [2.05, 4.69) is 4.84 Å². The molecule has 2 atom stereocenters. The lowest BCUT2D eigenvalue weighted by molar-refractivity contribution is -1.04. The molecule has 0 saturated carbocycles. The molecule has 9 heavy (non-hydrogen) atoms. The highest BCUT2D eigenvalue weighted by Gasteiger charge is 1.91. The Bertz CT molecular complexity index is 58.8. The summed E-state index contributed by atoms with van der Waals surface area (Å²) in [7, 11) is 2.78. The lowest BCUT2D eigenvalue weighted by atomic mass is 10.7. The van der Waals surface area contributed by atoms with Crippen LogP contribution >= 0.6 is 0 Å². The highest BCUT2D eigenvalue weighted by molar-refractivity contribution is 4.17. The van der Waals surface area contributed by atoms with Crippen LogP contribution in [0.4, 0.5) is 0 Å². The maximum atomic E-state index is 10.2. The van der Waals surface area contributed by atoms with Gasteiger partial charge in [-0.25, -0.2) is 5.23 Å². The van der Waals surface area contributed by atoms with Gasteiger partial charge in [0.15, 0.2) is 6.61 Å². The smallest absolute Gasteiger partial charge is 0.155 e. The number of hydrogen-bond donors (Lipinski definition) is 2. The molecule has 0 amide bonds. The van der Waals surface area contributed by atoms with Crippen molar-refractivity contribution in [2.45, 2.75) is 0 Å². The molecule has 0 aromatic rings. The van der Waals surface area contributed by atoms with Crippen molar-refractivity contribution in [1.82, 2.24) is 0 Å². The van der Waals surface area contributed by atoms with Gasteiger partial charge in [-0.2, -0.15) is 4.84 Å². The van der Waals surface area contributed by atoms with E-state index in [0.717, 1.165) is 0 Å². The molecule has 0 heterocycles. The number of hydrogen-bond acceptors (Lipinski definition) is 3. The Morgan fingerprint density at radius 1 is 1.33 bits per heavy atom. The van der Waals surface area contributed by atoms with Gasteiger partial charge in [0, 0.05) is 0 Å². The summed E-state index contributed by atoms with van der Waals surface area (Å²) in [4.78, 5) is 4.49. The van der Waals surface area contributed by atoms with Crippen LogP contribution in [0.1, 0.15) is 0 Å². The molecule has 2 N–H and O–H groups in total. The molecule has 0 aliphatic rings. The lowest BCUT2D eigenvalue weighted by Crippen LogP contribution is -3.07. The topological polar surface area (TPSA) is 64.2 Å². The SMILES string of the molecule is C[NH+]([O-])CCO[NH+](C)[O-]. The van der Waals surface area contributed by atoms with E-state index in [9.17, 15) is 10.4 Å². The van der Waals surface area contributed by atoms with Gasteiger partial charge in [0.25, 0.3) is 0 Å². The Morgan fingerprint density at radius 3 is 2.22 bits per heavy atom. The molecule has 0 spiro atoms. The van der Waals surface area contributed by atoms with Crippen LogP contribution in [0.5, 0.6) is 0 Å². The van der Waals surface area contributed by atoms with Gasteiger partial charge in [0.2, 0.25) is 0 Å². The fraction of sp³-hybridized carbons (Fsp3) is 1.00. The third-order valence-corrected chi connectivity index (χ3v) is 0.759. The van der Waals surface area contributed by atoms with Crippen molar-refractivity contribution in [1.29, 1.82) is 0 Å². The average Bonchev–Trinajstić information content (AvgIpc) is 1.63. The van der Waals surface area contributed by atoms with Gasteiger partial charge in [0.05, 0.1) is 14.1 Å². The lowest BCUT2D eigenvalue weighted by Gasteiger charge is -2.18. The second kappa shape index (κ2) is 4.66. The van der Waals surface area contributed by atoms with Crippen molar-refractivity contribution in [3.05, 3.63) is 10.4 Å². The van der Waals surface area contributed by atoms with E-state index in [0.29, 0.717) is 6.54 Å². The first-order valence-electron chi connectivity index (χ1n) is 2.75. The number of quaternary nitrogens is 2. The fourth-order valence-corrected chi connectivity index (χ4v) is 0.338. The minimum atomic E-state index is -0.337. The molecule has 0 aromatic heterocycles. The molecule has 0 radical (unpaired) electrons. The third-order valence-electron chi connectivity index (χ3n) is 0.759. The standard InChI is InChI=1S/C4H12N2O3/c1-5(7)3-4-9-6(2)8/h5-6H,3-4H2,1-2H3. The van der Waals surface area contributed by atoms with Crippen LogP contribution in [0.3, 0.4) is 0 Å². The molecule has 2 unspecified atom stereocenters. The molecular formula is C4H12N2O3. The van der Waals surface area contributed by atoms with E-state index >= 15 is 0 Å². The maximum absolute atomic E-state index is 10.2. The van der Waals surface area contributed by atoms with Gasteiger partial charge in [-0.05, 0) is 0 Å². The molecule has 0 fully saturated rings. The largest absolute Gasteiger partial charge is 0.634 e. The first kappa shape index (κ1) is 8.80. The highest BCUT2D eigenvalue weighted by Crippen LogP contribution is 1.50. The van der Waals surface area contributed by atoms with Gasteiger partial charge in [-0.3, -0.25) is 0 Å². The number of rotatable bonds is 4. The van der Waals surface area contributed by atoms with E-state index in [1.54, 1.807) is 0 Å². The Kier molecular flexibility index (Phi) is 4.55. The number of likely N-dealkylation sites (N-methyl/N-ethyl adjacent to an activating group) is 1. The summed E-state index contributed by atoms with van der Waals surface area (Å²) in [6.45, 7) is 0.532. The van der Waals surface area contributed by atoms with Crippen LogP contribution in [-0.4, -0.2) is 27.2 Å². The monoisotopic (exact) mass is 136 g/mol. The van der Waals surface area contributed by atoms with E-state index in [-0.39, 0.29) is 16.9 Å². The minimum absolute atomic E-state index is 0.0382. The molecule has 0 saturated heterocycles. The van der Waals surface area contributed by atoms with Crippen molar-refractivity contribution >= 4 is 0 Å². The zero-order valence-corrected chi connectivity index (χ0v) is 5.64. The summed E-state index contributed by atoms with van der Waals surface area (Å²) in [5, 5.41) is 20.0. The second-order valence-corrected chi connectivity index (χ2v) is 1.79. The van der Waals surface area contributed by atoms with E-state index in [4.69, 9.17) is 0 Å². The maximum Gasteiger partial charge on any atom is 0.155 e. The zero-order valence-electron chi connectivity index (χ0n) is 5.64. The molecule has 56 valence electrons. The van der Waals surface area contributed by atoms with Crippen molar-refractivity contribution < 1.29 is 15.1 Å². The zero-order chi connectivity index (χ0) is 7.28. The summed E-state index contributed by atoms with van der Waals surface area (Å²) in [5.74, 6) is 0. The number of nitrogens with one attached hydrogen (secondary N) is 2. The van der Waals surface area contributed by atoms with Gasteiger partial charge in [0.1, 0.15) is 6.54 Å². The molecule has 0 aliphatic heterocycles. The minimum Gasteiger partial charge on any atom is -0.634 e. The third kappa shape index (κ3) is 7.80. The molecule has 5 nitrogen and oxygen atoms in total. The summed E-state index contributed by atoms with van der Waals surface area (Å²) >= 11 is 0. The van der Waals surface area contributed by atoms with Crippen molar-refractivity contribution in [3.8, 4) is 0 Å². The van der Waals surface area contributed by atoms with Crippen LogP contribution in [0.15, 0.2) is 0 Å². The van der Waals surface area contributed by atoms with Gasteiger partial charge in [-0.15, -0.1) is 0 Å². The summed E-state index contributed by atoms with van der Waals surface area (Å²) in [6.07, 6.45) is 0. The van der Waals surface area contributed by atoms with E-state index in [1.165, 1.54) is 14.1 Å². The Balaban J connectivity index is 2.91. The first-order chi connectivity index (χ1) is 4.13. The van der Waals surface area contributed by atoms with E-state index in [1.807, 2.05) is 0 Å². The predicted octanol–water partition coefficient (Wildman–Crippen LogP) is -3.06. The quantitative estimate of drug-likeness (QED) is 0.403. The number of hydroxylamine groups is 4. The van der Waals surface area contributed by atoms with E-state index < -0.39 is 0 Å². The average molecular weight is 136 g/mol. The molecule has 0 aliphatic carbocycles. The van der Waals surface area contributed by atoms with Crippen molar-refractivity contribution in [2.75, 3.05) is 27.2 Å². The van der Waals surface area contributed by atoms with Crippen molar-refractivity contribution in [2.24, 2.45) is 0 Å². The normalized spacial score (nSPS) is 17.3. The van der Waals surface area contributed by atoms with Crippen LogP contribution in [0.2, 0.25) is 0 Å². The molecule has 0 aromatic carbocycles. The molecular weight excluding hydrogens is 124 g/mol. The molecule has 0 rings (SSSR count). The fourth-order valence-electron chi connectivity index (χ4n) is 0.338. The van der Waals surface area contributed by atoms with Gasteiger partial charge >= 0.3 is 0 Å². The van der Waals surface area contributed by atoms with Gasteiger partial charge in [-0.1, -0.05) is 0 Å². The van der Waals surface area contributed by atoms with Crippen LogP contribution in [-0.2, 0) is 4.84 Å². The summed E-state index contributed by atoms with van der Waals surface area (Å²) < 4.78 is 0. The van der Waals surface area contributed by atoms with Crippen LogP contribution < -0.4 is 10.3 Å². The second-order valence-electron chi connectivity index (χ2n) is 1.79. The Hall–Kier alpha value is -0.200. The summed E-state index contributed by atoms with van der Waals surface area (Å²) in [6, 6.07) is 0. The van der Waals surface area contributed by atoms with Crippen LogP contribution in [0, 0.1) is 10.4 Å². The summed E-state index contributed by atoms with van der Waals surface area (Å²) in [5.41, 5.74) is 0. The molecule has 0 bridgehead atoms. The highest BCUT2D eigenvalue weighted by atomic mass is 16.9. The van der Waals surface area contributed by atoms with Crippen molar-refractivity contribution in [3.63, 3.8) is 0 Å². The van der Waals surface area contributed by atoms with Gasteiger partial charge < -0.3 is 15.5 Å².